The van der Waals surface area contributed by atoms with Gasteiger partial charge in [0.2, 0.25) is 0 Å². The Hall–Kier alpha value is -0.940. The van der Waals surface area contributed by atoms with Gasteiger partial charge in [0.05, 0.1) is 11.4 Å². The molecular formula is C11H17FN2OS. The van der Waals surface area contributed by atoms with Gasteiger partial charge >= 0.3 is 0 Å². The number of hydrogen-bond donors (Lipinski definition) is 3. The lowest BCUT2D eigenvalue weighted by Crippen LogP contribution is -2.07. The fourth-order valence-electron chi connectivity index (χ4n) is 1.21. The highest BCUT2D eigenvalue weighted by Crippen LogP contribution is 2.19. The first-order valence-electron chi connectivity index (χ1n) is 5.21. The van der Waals surface area contributed by atoms with E-state index < -0.39 is 0 Å². The van der Waals surface area contributed by atoms with Gasteiger partial charge in [0, 0.05) is 18.9 Å². The number of aliphatic hydroxyl groups excluding tert-OH is 1. The zero-order valence-corrected chi connectivity index (χ0v) is 9.89. The van der Waals surface area contributed by atoms with Crippen molar-refractivity contribution in [3.05, 3.63) is 24.0 Å². The monoisotopic (exact) mass is 244 g/mol. The van der Waals surface area contributed by atoms with Gasteiger partial charge in [-0.1, -0.05) is 0 Å². The summed E-state index contributed by atoms with van der Waals surface area (Å²) >= 11 is 1.75. The Morgan fingerprint density at radius 2 is 2.19 bits per heavy atom. The third-order valence-electron chi connectivity index (χ3n) is 2.02. The Bertz CT molecular complexity index is 323. The van der Waals surface area contributed by atoms with E-state index in [2.05, 4.69) is 5.32 Å². The highest BCUT2D eigenvalue weighted by Gasteiger charge is 1.99. The SMILES string of the molecule is Nc1ccc(F)cc1NCCSCCCO. The van der Waals surface area contributed by atoms with E-state index in [0.29, 0.717) is 11.4 Å². The van der Waals surface area contributed by atoms with Crippen molar-refractivity contribution in [3.63, 3.8) is 0 Å². The number of nitrogens with one attached hydrogen (secondary N) is 1. The molecule has 0 fully saturated rings. The summed E-state index contributed by atoms with van der Waals surface area (Å²) in [6.45, 7) is 0.973. The normalized spacial score (nSPS) is 10.4. The Morgan fingerprint density at radius 1 is 1.38 bits per heavy atom. The van der Waals surface area contributed by atoms with Gasteiger partial charge in [-0.05, 0) is 30.4 Å². The fraction of sp³-hybridized carbons (Fsp3) is 0.455. The predicted octanol–water partition coefficient (Wildman–Crippen LogP) is 1.94. The smallest absolute Gasteiger partial charge is 0.125 e. The van der Waals surface area contributed by atoms with Crippen LogP contribution < -0.4 is 11.1 Å². The molecule has 1 rings (SSSR count). The molecule has 0 amide bonds. The van der Waals surface area contributed by atoms with Crippen LogP contribution in [0, 0.1) is 5.82 Å². The molecule has 0 aliphatic rings. The number of nitrogen functional groups attached to an aromatic ring is 1. The van der Waals surface area contributed by atoms with E-state index in [1.165, 1.54) is 12.1 Å². The summed E-state index contributed by atoms with van der Waals surface area (Å²) in [6, 6.07) is 4.29. The highest BCUT2D eigenvalue weighted by atomic mass is 32.2. The second kappa shape index (κ2) is 7.35. The van der Waals surface area contributed by atoms with Crippen molar-refractivity contribution < 1.29 is 9.50 Å². The molecule has 0 radical (unpaired) electrons. The minimum absolute atomic E-state index is 0.233. The number of rotatable bonds is 7. The van der Waals surface area contributed by atoms with Gasteiger partial charge in [-0.3, -0.25) is 0 Å². The number of anilines is 2. The van der Waals surface area contributed by atoms with Crippen LogP contribution in [0.5, 0.6) is 0 Å². The minimum atomic E-state index is -0.287. The molecule has 1 aromatic rings. The molecule has 0 aromatic heterocycles. The first-order valence-corrected chi connectivity index (χ1v) is 6.37. The lowest BCUT2D eigenvalue weighted by atomic mass is 10.2. The van der Waals surface area contributed by atoms with Gasteiger partial charge < -0.3 is 16.2 Å². The summed E-state index contributed by atoms with van der Waals surface area (Å²) in [6.07, 6.45) is 0.812. The summed E-state index contributed by atoms with van der Waals surface area (Å²) in [4.78, 5) is 0. The van der Waals surface area contributed by atoms with Gasteiger partial charge in [0.15, 0.2) is 0 Å². The number of benzene rings is 1. The van der Waals surface area contributed by atoms with Crippen LogP contribution >= 0.6 is 11.8 Å². The van der Waals surface area contributed by atoms with Crippen LogP contribution in [0.4, 0.5) is 15.8 Å². The average Bonchev–Trinajstić information content (AvgIpc) is 2.28. The fourth-order valence-corrected chi connectivity index (χ4v) is 1.99. The van der Waals surface area contributed by atoms with Crippen molar-refractivity contribution >= 4 is 23.1 Å². The van der Waals surface area contributed by atoms with Crippen molar-refractivity contribution in [2.75, 3.05) is 35.7 Å². The molecule has 0 aliphatic carbocycles. The van der Waals surface area contributed by atoms with Crippen molar-refractivity contribution in [3.8, 4) is 0 Å². The maximum atomic E-state index is 12.9. The first kappa shape index (κ1) is 13.1. The molecule has 0 heterocycles. The van der Waals surface area contributed by atoms with Crippen LogP contribution in [0.25, 0.3) is 0 Å². The van der Waals surface area contributed by atoms with Crippen LogP contribution in [0.3, 0.4) is 0 Å². The minimum Gasteiger partial charge on any atom is -0.397 e. The van der Waals surface area contributed by atoms with Crippen LogP contribution in [0.15, 0.2) is 18.2 Å². The Balaban J connectivity index is 2.23. The molecule has 1 aromatic carbocycles. The van der Waals surface area contributed by atoms with E-state index >= 15 is 0 Å². The van der Waals surface area contributed by atoms with Gasteiger partial charge in [-0.25, -0.2) is 4.39 Å². The molecule has 0 unspecified atom stereocenters. The van der Waals surface area contributed by atoms with E-state index in [1.807, 2.05) is 0 Å². The Labute approximate surface area is 99.2 Å². The predicted molar refractivity (Wildman–Crippen MR) is 68.3 cm³/mol. The van der Waals surface area contributed by atoms with Crippen LogP contribution in [0.1, 0.15) is 6.42 Å². The molecule has 0 aliphatic heterocycles. The highest BCUT2D eigenvalue weighted by molar-refractivity contribution is 7.99. The van der Waals surface area contributed by atoms with E-state index in [0.717, 1.165) is 24.5 Å². The van der Waals surface area contributed by atoms with Crippen molar-refractivity contribution in [2.24, 2.45) is 0 Å². The van der Waals surface area contributed by atoms with Gasteiger partial charge in [-0.2, -0.15) is 11.8 Å². The van der Waals surface area contributed by atoms with Gasteiger partial charge in [0.1, 0.15) is 5.82 Å². The molecule has 0 spiro atoms. The largest absolute Gasteiger partial charge is 0.397 e. The number of hydrogen-bond acceptors (Lipinski definition) is 4. The van der Waals surface area contributed by atoms with Gasteiger partial charge in [0.25, 0.3) is 0 Å². The quantitative estimate of drug-likeness (QED) is 0.507. The number of halogens is 1. The molecule has 5 heteroatoms. The zero-order chi connectivity index (χ0) is 11.8. The average molecular weight is 244 g/mol. The maximum Gasteiger partial charge on any atom is 0.125 e. The second-order valence-electron chi connectivity index (χ2n) is 3.35. The van der Waals surface area contributed by atoms with Crippen LogP contribution in [-0.4, -0.2) is 29.8 Å². The van der Waals surface area contributed by atoms with E-state index in [1.54, 1.807) is 17.8 Å². The molecule has 0 saturated carbocycles. The lowest BCUT2D eigenvalue weighted by Gasteiger charge is -2.08. The number of aliphatic hydroxyl groups is 1. The van der Waals surface area contributed by atoms with Crippen molar-refractivity contribution in [2.45, 2.75) is 6.42 Å². The topological polar surface area (TPSA) is 58.3 Å². The molecule has 0 bridgehead atoms. The summed E-state index contributed by atoms with van der Waals surface area (Å²) in [5.41, 5.74) is 6.88. The van der Waals surface area contributed by atoms with E-state index in [-0.39, 0.29) is 12.4 Å². The third kappa shape index (κ3) is 4.72. The molecule has 4 N–H and O–H groups in total. The molecular weight excluding hydrogens is 227 g/mol. The van der Waals surface area contributed by atoms with E-state index in [4.69, 9.17) is 10.8 Å². The van der Waals surface area contributed by atoms with Crippen molar-refractivity contribution in [1.82, 2.24) is 0 Å². The lowest BCUT2D eigenvalue weighted by molar-refractivity contribution is 0.296. The Kier molecular flexibility index (Phi) is 6.03. The second-order valence-corrected chi connectivity index (χ2v) is 4.57. The summed E-state index contributed by atoms with van der Waals surface area (Å²) in [5.74, 6) is 1.57. The molecule has 0 saturated heterocycles. The summed E-state index contributed by atoms with van der Waals surface area (Å²) in [5, 5.41) is 11.7. The van der Waals surface area contributed by atoms with Gasteiger partial charge in [-0.15, -0.1) is 0 Å². The first-order chi connectivity index (χ1) is 7.74. The zero-order valence-electron chi connectivity index (χ0n) is 9.08. The summed E-state index contributed by atoms with van der Waals surface area (Å²) < 4.78 is 12.9. The molecule has 90 valence electrons. The van der Waals surface area contributed by atoms with Crippen molar-refractivity contribution in [1.29, 1.82) is 0 Å². The number of nitrogens with two attached hydrogens (primary N) is 1. The molecule has 0 atom stereocenters. The molecule has 16 heavy (non-hydrogen) atoms. The standard InChI is InChI=1S/C11H17FN2OS/c12-9-2-3-10(13)11(8-9)14-4-7-16-6-1-5-15/h2-3,8,14-15H,1,4-7,13H2. The third-order valence-corrected chi connectivity index (χ3v) is 3.09. The number of thioether (sulfide) groups is 1. The summed E-state index contributed by atoms with van der Waals surface area (Å²) in [7, 11) is 0. The van der Waals surface area contributed by atoms with Crippen LogP contribution in [0.2, 0.25) is 0 Å². The maximum absolute atomic E-state index is 12.9. The molecule has 3 nitrogen and oxygen atoms in total. The van der Waals surface area contributed by atoms with Crippen LogP contribution in [-0.2, 0) is 0 Å². The Morgan fingerprint density at radius 3 is 2.94 bits per heavy atom. The van der Waals surface area contributed by atoms with E-state index in [9.17, 15) is 4.39 Å².